The van der Waals surface area contributed by atoms with Crippen molar-refractivity contribution in [3.05, 3.63) is 29.8 Å². The molecule has 0 aromatic heterocycles. The van der Waals surface area contributed by atoms with Crippen LogP contribution in [-0.2, 0) is 16.0 Å². The molecule has 0 aliphatic carbocycles. The third-order valence-corrected chi connectivity index (χ3v) is 7.35. The first-order valence-electron chi connectivity index (χ1n) is 9.94. The molecule has 1 aromatic carbocycles. The van der Waals surface area contributed by atoms with Crippen LogP contribution >= 0.6 is 11.8 Å². The molecule has 2 amide bonds. The van der Waals surface area contributed by atoms with E-state index < -0.39 is 0 Å². The Hall–Kier alpha value is -1.49. The second-order valence-corrected chi connectivity index (χ2v) is 9.29. The van der Waals surface area contributed by atoms with Crippen molar-refractivity contribution in [1.29, 1.82) is 0 Å². The lowest BCUT2D eigenvalue weighted by Crippen LogP contribution is -2.48. The average molecular weight is 373 g/mol. The van der Waals surface area contributed by atoms with Gasteiger partial charge in [-0.1, -0.05) is 25.1 Å². The maximum Gasteiger partial charge on any atom is 0.236 e. The summed E-state index contributed by atoms with van der Waals surface area (Å²) in [5.41, 5.74) is 1.29. The summed E-state index contributed by atoms with van der Waals surface area (Å²) < 4.78 is 0. The summed E-state index contributed by atoms with van der Waals surface area (Å²) in [6.45, 7) is 5.52. The number of amides is 2. The fraction of sp³-hybridized carbons (Fsp3) is 0.619. The van der Waals surface area contributed by atoms with Crippen molar-refractivity contribution in [2.75, 3.05) is 26.2 Å². The molecule has 0 saturated carbocycles. The topological polar surface area (TPSA) is 40.6 Å². The van der Waals surface area contributed by atoms with Crippen LogP contribution in [-0.4, -0.2) is 53.0 Å². The lowest BCUT2D eigenvalue weighted by molar-refractivity contribution is -0.141. The number of fused-ring (bicyclic) bond motifs is 1. The molecular weight excluding hydrogens is 344 g/mol. The number of rotatable bonds is 2. The summed E-state index contributed by atoms with van der Waals surface area (Å²) in [6, 6.07) is 8.32. The lowest BCUT2D eigenvalue weighted by atomic mass is 9.92. The molecule has 3 aliphatic heterocycles. The molecule has 26 heavy (non-hydrogen) atoms. The van der Waals surface area contributed by atoms with Gasteiger partial charge in [-0.25, -0.2) is 0 Å². The van der Waals surface area contributed by atoms with Gasteiger partial charge in [0.2, 0.25) is 11.8 Å². The summed E-state index contributed by atoms with van der Waals surface area (Å²) >= 11 is 1.70. The Morgan fingerprint density at radius 3 is 2.50 bits per heavy atom. The SMILES string of the molecule is CC1CCCN(C(=O)C2CCN(C(=O)C3Cc4ccccc4S3)CC2)C1. The molecule has 140 valence electrons. The number of carbonyl (C=O) groups is 2. The van der Waals surface area contributed by atoms with E-state index in [2.05, 4.69) is 24.0 Å². The molecule has 0 spiro atoms. The fourth-order valence-electron chi connectivity index (χ4n) is 4.52. The van der Waals surface area contributed by atoms with E-state index in [1.54, 1.807) is 11.8 Å². The Morgan fingerprint density at radius 1 is 1.00 bits per heavy atom. The van der Waals surface area contributed by atoms with Crippen molar-refractivity contribution in [3.8, 4) is 0 Å². The standard InChI is InChI=1S/C21H28N2O2S/c1-15-5-4-10-23(14-15)20(24)16-8-11-22(12-9-16)21(25)19-13-17-6-2-3-7-18(17)26-19/h2-3,6-7,15-16,19H,4-5,8-14H2,1H3. The van der Waals surface area contributed by atoms with Gasteiger partial charge in [-0.05, 0) is 49.7 Å². The Balaban J connectivity index is 1.30. The number of thioether (sulfide) groups is 1. The Bertz CT molecular complexity index is 659. The van der Waals surface area contributed by atoms with Gasteiger partial charge in [-0.3, -0.25) is 9.59 Å². The number of nitrogens with zero attached hydrogens (tertiary/aromatic N) is 2. The van der Waals surface area contributed by atoms with Gasteiger partial charge in [0.15, 0.2) is 0 Å². The van der Waals surface area contributed by atoms with Crippen molar-refractivity contribution in [2.24, 2.45) is 11.8 Å². The van der Waals surface area contributed by atoms with Crippen LogP contribution in [0.25, 0.3) is 0 Å². The van der Waals surface area contributed by atoms with Gasteiger partial charge in [0.05, 0.1) is 5.25 Å². The van der Waals surface area contributed by atoms with Crippen LogP contribution < -0.4 is 0 Å². The minimum Gasteiger partial charge on any atom is -0.342 e. The van der Waals surface area contributed by atoms with E-state index >= 15 is 0 Å². The molecule has 0 N–H and O–H groups in total. The zero-order valence-corrected chi connectivity index (χ0v) is 16.3. The third kappa shape index (κ3) is 3.64. The molecule has 4 nitrogen and oxygen atoms in total. The normalized spacial score (nSPS) is 26.7. The third-order valence-electron chi connectivity index (χ3n) is 6.05. The molecule has 3 aliphatic rings. The van der Waals surface area contributed by atoms with Crippen molar-refractivity contribution in [2.45, 2.75) is 49.2 Å². The fourth-order valence-corrected chi connectivity index (χ4v) is 5.80. The zero-order valence-electron chi connectivity index (χ0n) is 15.5. The summed E-state index contributed by atoms with van der Waals surface area (Å²) in [4.78, 5) is 31.0. The minimum atomic E-state index is 0.0163. The van der Waals surface area contributed by atoms with E-state index in [0.29, 0.717) is 11.8 Å². The smallest absolute Gasteiger partial charge is 0.236 e. The molecule has 2 fully saturated rings. The number of hydrogen-bond acceptors (Lipinski definition) is 3. The van der Waals surface area contributed by atoms with Gasteiger partial charge in [0.1, 0.15) is 0 Å². The zero-order chi connectivity index (χ0) is 18.1. The number of hydrogen-bond donors (Lipinski definition) is 0. The van der Waals surface area contributed by atoms with Crippen molar-refractivity contribution in [3.63, 3.8) is 0 Å². The van der Waals surface area contributed by atoms with E-state index in [1.165, 1.54) is 16.9 Å². The predicted molar refractivity (Wildman–Crippen MR) is 104 cm³/mol. The summed E-state index contributed by atoms with van der Waals surface area (Å²) in [6.07, 6.45) is 4.84. The molecular formula is C21H28N2O2S. The van der Waals surface area contributed by atoms with Crippen molar-refractivity contribution < 1.29 is 9.59 Å². The molecule has 3 heterocycles. The first-order chi connectivity index (χ1) is 12.6. The minimum absolute atomic E-state index is 0.0163. The van der Waals surface area contributed by atoms with Gasteiger partial charge in [0.25, 0.3) is 0 Å². The van der Waals surface area contributed by atoms with Gasteiger partial charge in [-0.15, -0.1) is 11.8 Å². The number of piperidine rings is 2. The van der Waals surface area contributed by atoms with Crippen LogP contribution in [0.4, 0.5) is 0 Å². The molecule has 2 saturated heterocycles. The average Bonchev–Trinajstić information content (AvgIpc) is 3.11. The van der Waals surface area contributed by atoms with Gasteiger partial charge < -0.3 is 9.80 Å². The van der Waals surface area contributed by atoms with Crippen molar-refractivity contribution in [1.82, 2.24) is 9.80 Å². The highest BCUT2D eigenvalue weighted by Gasteiger charge is 2.35. The second kappa shape index (κ2) is 7.63. The second-order valence-electron chi connectivity index (χ2n) is 8.05. The van der Waals surface area contributed by atoms with Crippen LogP contribution in [0, 0.1) is 11.8 Å². The molecule has 5 heteroatoms. The van der Waals surface area contributed by atoms with Gasteiger partial charge in [-0.2, -0.15) is 0 Å². The Morgan fingerprint density at radius 2 is 1.77 bits per heavy atom. The van der Waals surface area contributed by atoms with Crippen LogP contribution in [0.1, 0.15) is 38.2 Å². The molecule has 0 bridgehead atoms. The Kier molecular flexibility index (Phi) is 5.25. The van der Waals surface area contributed by atoms with Crippen LogP contribution in [0.2, 0.25) is 0 Å². The quantitative estimate of drug-likeness (QED) is 0.800. The maximum atomic E-state index is 12.9. The van der Waals surface area contributed by atoms with E-state index in [1.807, 2.05) is 17.0 Å². The highest BCUT2D eigenvalue weighted by molar-refractivity contribution is 8.01. The summed E-state index contributed by atoms with van der Waals surface area (Å²) in [5, 5.41) is 0.0163. The maximum absolute atomic E-state index is 12.9. The molecule has 2 atom stereocenters. The van der Waals surface area contributed by atoms with Crippen LogP contribution in [0.5, 0.6) is 0 Å². The molecule has 0 radical (unpaired) electrons. The summed E-state index contributed by atoms with van der Waals surface area (Å²) in [5.74, 6) is 1.31. The Labute approximate surface area is 160 Å². The highest BCUT2D eigenvalue weighted by atomic mass is 32.2. The number of likely N-dealkylation sites (tertiary alicyclic amines) is 2. The van der Waals surface area contributed by atoms with E-state index in [9.17, 15) is 9.59 Å². The van der Waals surface area contributed by atoms with Gasteiger partial charge >= 0.3 is 0 Å². The van der Waals surface area contributed by atoms with E-state index in [-0.39, 0.29) is 17.1 Å². The first-order valence-corrected chi connectivity index (χ1v) is 10.8. The number of benzene rings is 1. The lowest BCUT2D eigenvalue weighted by Gasteiger charge is -2.37. The largest absolute Gasteiger partial charge is 0.342 e. The first kappa shape index (κ1) is 17.9. The van der Waals surface area contributed by atoms with Crippen LogP contribution in [0.3, 0.4) is 0 Å². The van der Waals surface area contributed by atoms with Crippen LogP contribution in [0.15, 0.2) is 29.2 Å². The predicted octanol–water partition coefficient (Wildman–Crippen LogP) is 3.20. The van der Waals surface area contributed by atoms with Gasteiger partial charge in [0, 0.05) is 37.0 Å². The van der Waals surface area contributed by atoms with E-state index in [0.717, 1.165) is 51.9 Å². The molecule has 4 rings (SSSR count). The summed E-state index contributed by atoms with van der Waals surface area (Å²) in [7, 11) is 0. The highest BCUT2D eigenvalue weighted by Crippen LogP contribution is 2.38. The van der Waals surface area contributed by atoms with Crippen molar-refractivity contribution >= 4 is 23.6 Å². The molecule has 2 unspecified atom stereocenters. The van der Waals surface area contributed by atoms with E-state index in [4.69, 9.17) is 0 Å². The monoisotopic (exact) mass is 372 g/mol. The molecule has 1 aromatic rings. The number of carbonyl (C=O) groups excluding carboxylic acids is 2.